The van der Waals surface area contributed by atoms with Crippen molar-refractivity contribution in [2.45, 2.75) is 69.9 Å². The molecule has 3 aliphatic rings. The van der Waals surface area contributed by atoms with Gasteiger partial charge >= 0.3 is 0 Å². The maximum absolute atomic E-state index is 14.1. The summed E-state index contributed by atoms with van der Waals surface area (Å²) in [4.78, 5) is 41.1. The van der Waals surface area contributed by atoms with Crippen molar-refractivity contribution in [3.63, 3.8) is 0 Å². The molecule has 2 aromatic rings. The zero-order valence-electron chi connectivity index (χ0n) is 27.5. The molecule has 3 N–H and O–H groups in total. The highest BCUT2D eigenvalue weighted by Gasteiger charge is 2.44. The van der Waals surface area contributed by atoms with Gasteiger partial charge in [-0.1, -0.05) is 67.8 Å². The van der Waals surface area contributed by atoms with Crippen molar-refractivity contribution < 1.29 is 23.9 Å². The summed E-state index contributed by atoms with van der Waals surface area (Å²) >= 11 is 8.05. The van der Waals surface area contributed by atoms with Gasteiger partial charge in [0.1, 0.15) is 5.37 Å². The summed E-state index contributed by atoms with van der Waals surface area (Å²) < 4.78 is 11.0. The third-order valence-electron chi connectivity index (χ3n) is 8.85. The molecule has 250 valence electrons. The van der Waals surface area contributed by atoms with E-state index in [0.717, 1.165) is 30.4 Å². The molecule has 2 aromatic carbocycles. The van der Waals surface area contributed by atoms with Crippen LogP contribution in [0.3, 0.4) is 0 Å². The zero-order valence-corrected chi connectivity index (χ0v) is 29.1. The first kappa shape index (κ1) is 34.6. The van der Waals surface area contributed by atoms with Crippen molar-refractivity contribution in [3.05, 3.63) is 87.6 Å². The summed E-state index contributed by atoms with van der Waals surface area (Å²) in [7, 11) is 1.60. The molecule has 5 rings (SSSR count). The molecule has 0 bridgehead atoms. The second-order valence-corrected chi connectivity index (χ2v) is 14.0. The number of amides is 3. The molecule has 47 heavy (non-hydrogen) atoms. The Morgan fingerprint density at radius 1 is 1.13 bits per heavy atom. The molecule has 0 radical (unpaired) electrons. The minimum atomic E-state index is -0.646. The number of methoxy groups -OCH3 is 1. The molecule has 1 saturated heterocycles. The average Bonchev–Trinajstić information content (AvgIpc) is 3.75. The molecule has 1 aliphatic heterocycles. The molecule has 10 heteroatoms. The zero-order chi connectivity index (χ0) is 33.7. The summed E-state index contributed by atoms with van der Waals surface area (Å²) in [6.07, 6.45) is 8.71. The Morgan fingerprint density at radius 2 is 1.94 bits per heavy atom. The lowest BCUT2D eigenvalue weighted by molar-refractivity contribution is -0.130. The van der Waals surface area contributed by atoms with E-state index in [0.29, 0.717) is 41.8 Å². The fourth-order valence-corrected chi connectivity index (χ4v) is 8.18. The van der Waals surface area contributed by atoms with E-state index in [9.17, 15) is 14.4 Å². The molecule has 8 nitrogen and oxygen atoms in total. The van der Waals surface area contributed by atoms with Crippen molar-refractivity contribution in [1.29, 1.82) is 0 Å². The summed E-state index contributed by atoms with van der Waals surface area (Å²) in [5, 5.41) is 2.35. The number of thioether (sulfide) groups is 1. The van der Waals surface area contributed by atoms with E-state index in [1.807, 2.05) is 50.3 Å². The van der Waals surface area contributed by atoms with Crippen LogP contribution < -0.4 is 20.5 Å². The third-order valence-corrected chi connectivity index (χ3v) is 10.6. The number of nitrogens with zero attached hydrogens (tertiary/aromatic N) is 1. The van der Waals surface area contributed by atoms with Crippen LogP contribution in [0.1, 0.15) is 74.9 Å². The molecule has 1 fully saturated rings. The van der Waals surface area contributed by atoms with Crippen molar-refractivity contribution in [3.8, 4) is 11.5 Å². The fraction of sp³-hybridized carbons (Fsp3) is 0.432. The van der Waals surface area contributed by atoms with E-state index < -0.39 is 17.1 Å². The number of unbranched alkanes of at least 4 members (excludes halogenated alkanes) is 1. The molecular weight excluding hydrogens is 634 g/mol. The van der Waals surface area contributed by atoms with Gasteiger partial charge in [-0.3, -0.25) is 19.3 Å². The molecule has 1 heterocycles. The smallest absolute Gasteiger partial charge is 0.241 e. The molecule has 2 aliphatic carbocycles. The fourth-order valence-electron chi connectivity index (χ4n) is 6.33. The van der Waals surface area contributed by atoms with E-state index >= 15 is 0 Å². The van der Waals surface area contributed by atoms with Gasteiger partial charge in [0.2, 0.25) is 17.7 Å². The minimum Gasteiger partial charge on any atom is -0.493 e. The highest BCUT2D eigenvalue weighted by molar-refractivity contribution is 8.01. The maximum Gasteiger partial charge on any atom is 0.241 e. The highest BCUT2D eigenvalue weighted by Crippen LogP contribution is 2.50. The molecule has 0 spiro atoms. The Bertz CT molecular complexity index is 1620. The van der Waals surface area contributed by atoms with Crippen LogP contribution in [-0.4, -0.2) is 48.1 Å². The third kappa shape index (κ3) is 8.07. The van der Waals surface area contributed by atoms with Gasteiger partial charge in [-0.15, -0.1) is 11.8 Å². The van der Waals surface area contributed by atoms with Crippen LogP contribution in [0.4, 0.5) is 0 Å². The summed E-state index contributed by atoms with van der Waals surface area (Å²) in [5.41, 5.74) is 12.3. The summed E-state index contributed by atoms with van der Waals surface area (Å²) in [5.74, 6) is -0.465. The SMILES string of the molecule is CCCCC1=C(c2cccc(C3SC(CC(=O)NCCc4ccc(OCC)c(OC)c4)C(=O)N3C3=CC(C)C(C(N)=O)C(Cl)=C3)c2)C1. The number of primary amides is 1. The number of nitrogens with one attached hydrogen (secondary N) is 1. The Labute approximate surface area is 286 Å². The Hall–Kier alpha value is -3.69. The van der Waals surface area contributed by atoms with E-state index in [1.165, 1.54) is 34.9 Å². The van der Waals surface area contributed by atoms with Crippen LogP contribution in [-0.2, 0) is 20.8 Å². The first-order valence-electron chi connectivity index (χ1n) is 16.4. The quantitative estimate of drug-likeness (QED) is 0.212. The number of nitrogens with two attached hydrogens (primary N) is 1. The Kier molecular flexibility index (Phi) is 11.4. The van der Waals surface area contributed by atoms with Crippen LogP contribution in [0, 0.1) is 11.8 Å². The first-order valence-corrected chi connectivity index (χ1v) is 17.7. The van der Waals surface area contributed by atoms with Gasteiger partial charge in [-0.2, -0.15) is 0 Å². The Morgan fingerprint density at radius 3 is 2.64 bits per heavy atom. The van der Waals surface area contributed by atoms with Gasteiger partial charge in [0.05, 0.1) is 24.9 Å². The lowest BCUT2D eigenvalue weighted by Crippen LogP contribution is -2.36. The topological polar surface area (TPSA) is 111 Å². The second-order valence-electron chi connectivity index (χ2n) is 12.3. The summed E-state index contributed by atoms with van der Waals surface area (Å²) in [6, 6.07) is 14.1. The molecule has 0 aromatic heterocycles. The van der Waals surface area contributed by atoms with Gasteiger partial charge in [-0.05, 0) is 85.1 Å². The van der Waals surface area contributed by atoms with Crippen molar-refractivity contribution in [2.24, 2.45) is 17.6 Å². The van der Waals surface area contributed by atoms with Crippen LogP contribution in [0.25, 0.3) is 5.57 Å². The number of ether oxygens (including phenoxy) is 2. The molecule has 3 amide bonds. The van der Waals surface area contributed by atoms with Gasteiger partial charge in [0.15, 0.2) is 11.5 Å². The van der Waals surface area contributed by atoms with Crippen LogP contribution in [0.5, 0.6) is 11.5 Å². The monoisotopic (exact) mass is 677 g/mol. The largest absolute Gasteiger partial charge is 0.493 e. The van der Waals surface area contributed by atoms with E-state index in [-0.39, 0.29) is 29.5 Å². The molecule has 0 saturated carbocycles. The predicted molar refractivity (Wildman–Crippen MR) is 188 cm³/mol. The number of hydrogen-bond acceptors (Lipinski definition) is 6. The van der Waals surface area contributed by atoms with E-state index in [2.05, 4.69) is 24.4 Å². The number of carbonyl (C=O) groups excluding carboxylic acids is 3. The molecular formula is C37H44ClN3O5S. The van der Waals surface area contributed by atoms with Gasteiger partial charge < -0.3 is 20.5 Å². The standard InChI is InChI=1S/C37H44ClN3O5S/c1-5-7-9-25-19-28(25)24-10-8-11-26(18-24)37-41(27-16-22(3)34(35(39)43)29(38)20-27)36(44)32(47-37)21-33(42)40-15-14-23-12-13-30(46-6-2)31(17-23)45-4/h8,10-13,16-18,20,22,32,34,37H,5-7,9,14-15,19,21H2,1-4H3,(H2,39,43)(H,40,42). The first-order chi connectivity index (χ1) is 22.6. The lowest BCUT2D eigenvalue weighted by Gasteiger charge is -2.31. The second kappa shape index (κ2) is 15.5. The van der Waals surface area contributed by atoms with Crippen LogP contribution >= 0.6 is 23.4 Å². The number of carbonyl (C=O) groups is 3. The van der Waals surface area contributed by atoms with Gasteiger partial charge in [0, 0.05) is 23.7 Å². The molecule has 4 unspecified atom stereocenters. The van der Waals surface area contributed by atoms with Crippen LogP contribution in [0.2, 0.25) is 0 Å². The highest BCUT2D eigenvalue weighted by atomic mass is 35.5. The van der Waals surface area contributed by atoms with Crippen molar-refractivity contribution >= 4 is 46.7 Å². The number of allylic oxidation sites excluding steroid dienone is 4. The van der Waals surface area contributed by atoms with Gasteiger partial charge in [-0.25, -0.2) is 0 Å². The van der Waals surface area contributed by atoms with E-state index in [1.54, 1.807) is 18.1 Å². The number of rotatable bonds is 15. The number of hydrogen-bond donors (Lipinski definition) is 2. The normalized spacial score (nSPS) is 22.1. The van der Waals surface area contributed by atoms with Gasteiger partial charge in [0.25, 0.3) is 0 Å². The molecule has 4 atom stereocenters. The predicted octanol–water partition coefficient (Wildman–Crippen LogP) is 6.89. The van der Waals surface area contributed by atoms with Crippen LogP contribution in [0.15, 0.2) is 70.9 Å². The minimum absolute atomic E-state index is 0.0410. The van der Waals surface area contributed by atoms with Crippen molar-refractivity contribution in [2.75, 3.05) is 20.3 Å². The summed E-state index contributed by atoms with van der Waals surface area (Å²) in [6.45, 7) is 6.95. The number of halogens is 1. The maximum atomic E-state index is 14.1. The van der Waals surface area contributed by atoms with E-state index in [4.69, 9.17) is 26.8 Å². The number of benzene rings is 2. The average molecular weight is 678 g/mol. The Balaban J connectivity index is 1.32. The van der Waals surface area contributed by atoms with Crippen molar-refractivity contribution in [1.82, 2.24) is 10.2 Å². The lowest BCUT2D eigenvalue weighted by atomic mass is 9.87.